The summed E-state index contributed by atoms with van der Waals surface area (Å²) in [6, 6.07) is 21.0. The van der Waals surface area contributed by atoms with E-state index < -0.39 is 38.3 Å². The molecule has 0 heterocycles. The lowest BCUT2D eigenvalue weighted by molar-refractivity contribution is -0.114. The highest BCUT2D eigenvalue weighted by Crippen LogP contribution is 2.26. The van der Waals surface area contributed by atoms with Gasteiger partial charge in [-0.1, -0.05) is 6.07 Å². The third kappa shape index (κ3) is 7.02. The summed E-state index contributed by atoms with van der Waals surface area (Å²) in [5, 5.41) is 2.59. The van der Waals surface area contributed by atoms with Crippen molar-refractivity contribution in [2.75, 3.05) is 28.0 Å². The van der Waals surface area contributed by atoms with Gasteiger partial charge in [-0.2, -0.15) is 0 Å². The van der Waals surface area contributed by atoms with Crippen molar-refractivity contribution < 1.29 is 30.8 Å². The number of aryl methyl sites for hydroxylation is 2. The topological polar surface area (TPSA) is 122 Å². The van der Waals surface area contributed by atoms with E-state index >= 15 is 0 Å². The molecular formula is C29H28FN3O6S2. The average Bonchev–Trinajstić information content (AvgIpc) is 2.94. The molecule has 0 radical (unpaired) electrons. The summed E-state index contributed by atoms with van der Waals surface area (Å²) in [4.78, 5) is 12.8. The lowest BCUT2D eigenvalue weighted by Crippen LogP contribution is -2.38. The van der Waals surface area contributed by atoms with Gasteiger partial charge in [-0.05, 0) is 110 Å². The number of carbonyl (C=O) groups excluding carboxylic acids is 1. The second-order valence-electron chi connectivity index (χ2n) is 9.14. The van der Waals surface area contributed by atoms with Crippen LogP contribution in [0.3, 0.4) is 0 Å². The maximum absolute atomic E-state index is 13.4. The van der Waals surface area contributed by atoms with Gasteiger partial charge in [-0.25, -0.2) is 21.2 Å². The Hall–Kier alpha value is -4.42. The molecule has 0 spiro atoms. The molecular weight excluding hydrogens is 569 g/mol. The number of anilines is 3. The first-order valence-electron chi connectivity index (χ1n) is 12.3. The van der Waals surface area contributed by atoms with Crippen molar-refractivity contribution in [2.45, 2.75) is 23.6 Å². The fourth-order valence-electron chi connectivity index (χ4n) is 3.86. The van der Waals surface area contributed by atoms with Crippen LogP contribution in [0.2, 0.25) is 0 Å². The molecule has 0 atom stereocenters. The van der Waals surface area contributed by atoms with Crippen LogP contribution < -0.4 is 19.1 Å². The maximum Gasteiger partial charge on any atom is 0.264 e. The molecule has 0 unspecified atom stereocenters. The maximum atomic E-state index is 13.4. The SMILES string of the molecule is COc1ccc(N(CC(=O)Nc2ccc(S(=O)(=O)Nc3ccc(C)c(C)c3)cc2)S(=O)(=O)c2ccc(F)cc2)cc1. The minimum absolute atomic E-state index is 0.0209. The third-order valence-corrected chi connectivity index (χ3v) is 9.44. The molecule has 0 saturated heterocycles. The fourth-order valence-corrected chi connectivity index (χ4v) is 6.34. The van der Waals surface area contributed by atoms with E-state index in [1.165, 1.54) is 43.5 Å². The van der Waals surface area contributed by atoms with Crippen LogP contribution in [-0.4, -0.2) is 36.4 Å². The molecule has 12 heteroatoms. The van der Waals surface area contributed by atoms with Gasteiger partial charge in [0.05, 0.1) is 22.6 Å². The average molecular weight is 598 g/mol. The molecule has 1 amide bonds. The van der Waals surface area contributed by atoms with Crippen molar-refractivity contribution in [3.05, 3.63) is 108 Å². The lowest BCUT2D eigenvalue weighted by atomic mass is 10.1. The third-order valence-electron chi connectivity index (χ3n) is 6.26. The molecule has 2 N–H and O–H groups in total. The largest absolute Gasteiger partial charge is 0.497 e. The molecule has 4 aromatic rings. The number of amides is 1. The van der Waals surface area contributed by atoms with Gasteiger partial charge in [0.15, 0.2) is 0 Å². The molecule has 0 aliphatic heterocycles. The first-order valence-corrected chi connectivity index (χ1v) is 15.2. The molecule has 0 fully saturated rings. The van der Waals surface area contributed by atoms with Crippen LogP contribution in [0.15, 0.2) is 101 Å². The quantitative estimate of drug-likeness (QED) is 0.263. The number of halogens is 1. The van der Waals surface area contributed by atoms with Gasteiger partial charge >= 0.3 is 0 Å². The molecule has 9 nitrogen and oxygen atoms in total. The summed E-state index contributed by atoms with van der Waals surface area (Å²) in [5.74, 6) is -0.804. The van der Waals surface area contributed by atoms with Gasteiger partial charge in [0.2, 0.25) is 5.91 Å². The van der Waals surface area contributed by atoms with Crippen molar-refractivity contribution in [3.8, 4) is 5.75 Å². The van der Waals surface area contributed by atoms with Gasteiger partial charge in [0.1, 0.15) is 18.1 Å². The number of nitrogens with one attached hydrogen (secondary N) is 2. The Labute approximate surface area is 238 Å². The predicted octanol–water partition coefficient (Wildman–Crippen LogP) is 5.09. The highest BCUT2D eigenvalue weighted by Gasteiger charge is 2.27. The normalized spacial score (nSPS) is 11.5. The molecule has 0 bridgehead atoms. The number of hydrogen-bond acceptors (Lipinski definition) is 6. The smallest absolute Gasteiger partial charge is 0.264 e. The Morgan fingerprint density at radius 1 is 0.780 bits per heavy atom. The van der Waals surface area contributed by atoms with Gasteiger partial charge in [-0.15, -0.1) is 0 Å². The van der Waals surface area contributed by atoms with Crippen LogP contribution in [0.4, 0.5) is 21.5 Å². The van der Waals surface area contributed by atoms with Gasteiger partial charge in [-0.3, -0.25) is 13.8 Å². The number of carbonyl (C=O) groups is 1. The van der Waals surface area contributed by atoms with E-state index in [0.29, 0.717) is 11.4 Å². The standard InChI is InChI=1S/C29H28FN3O6S2/c1-20-4-7-24(18-21(20)2)32-40(35,36)27-16-8-23(9-17-27)31-29(34)19-33(25-10-12-26(39-3)13-11-25)41(37,38)28-14-5-22(30)6-15-28/h4-18,32H,19H2,1-3H3,(H,31,34). The summed E-state index contributed by atoms with van der Waals surface area (Å²) < 4.78 is 74.6. The predicted molar refractivity (Wildman–Crippen MR) is 156 cm³/mol. The summed E-state index contributed by atoms with van der Waals surface area (Å²) >= 11 is 0. The van der Waals surface area contributed by atoms with E-state index in [4.69, 9.17) is 4.74 Å². The summed E-state index contributed by atoms with van der Waals surface area (Å²) in [6.07, 6.45) is 0. The van der Waals surface area contributed by atoms with E-state index in [2.05, 4.69) is 10.0 Å². The van der Waals surface area contributed by atoms with Crippen LogP contribution in [0.1, 0.15) is 11.1 Å². The molecule has 41 heavy (non-hydrogen) atoms. The number of hydrogen-bond donors (Lipinski definition) is 2. The van der Waals surface area contributed by atoms with Crippen LogP contribution >= 0.6 is 0 Å². The number of benzene rings is 4. The van der Waals surface area contributed by atoms with Crippen molar-refractivity contribution in [1.82, 2.24) is 0 Å². The second kappa shape index (κ2) is 12.0. The number of sulfonamides is 2. The Morgan fingerprint density at radius 2 is 1.37 bits per heavy atom. The molecule has 0 aliphatic carbocycles. The van der Waals surface area contributed by atoms with Crippen LogP contribution in [0.25, 0.3) is 0 Å². The monoisotopic (exact) mass is 597 g/mol. The Bertz CT molecular complexity index is 1760. The van der Waals surface area contributed by atoms with Crippen molar-refractivity contribution in [3.63, 3.8) is 0 Å². The summed E-state index contributed by atoms with van der Waals surface area (Å²) in [5.41, 5.74) is 2.84. The first kappa shape index (κ1) is 29.6. The van der Waals surface area contributed by atoms with Gasteiger partial charge in [0.25, 0.3) is 20.0 Å². The minimum atomic E-state index is -4.26. The molecule has 4 aromatic carbocycles. The zero-order valence-corrected chi connectivity index (χ0v) is 24.1. The number of methoxy groups -OCH3 is 1. The van der Waals surface area contributed by atoms with Crippen LogP contribution in [-0.2, 0) is 24.8 Å². The Kier molecular flexibility index (Phi) is 8.64. The minimum Gasteiger partial charge on any atom is -0.497 e. The first-order chi connectivity index (χ1) is 19.4. The molecule has 4 rings (SSSR count). The second-order valence-corrected chi connectivity index (χ2v) is 12.7. The van der Waals surface area contributed by atoms with Crippen molar-refractivity contribution in [2.24, 2.45) is 0 Å². The summed E-state index contributed by atoms with van der Waals surface area (Å²) in [6.45, 7) is 3.20. The van der Waals surface area contributed by atoms with Crippen molar-refractivity contribution in [1.29, 1.82) is 0 Å². The van der Waals surface area contributed by atoms with E-state index in [1.54, 1.807) is 24.3 Å². The number of rotatable bonds is 10. The molecule has 0 aliphatic rings. The van der Waals surface area contributed by atoms with E-state index in [9.17, 15) is 26.0 Å². The Morgan fingerprint density at radius 3 is 1.95 bits per heavy atom. The van der Waals surface area contributed by atoms with Gasteiger partial charge < -0.3 is 10.1 Å². The van der Waals surface area contributed by atoms with Crippen molar-refractivity contribution >= 4 is 43.0 Å². The Balaban J connectivity index is 1.53. The van der Waals surface area contributed by atoms with E-state index in [0.717, 1.165) is 39.7 Å². The molecule has 0 saturated carbocycles. The molecule has 214 valence electrons. The fraction of sp³-hybridized carbons (Fsp3) is 0.138. The van der Waals surface area contributed by atoms with Crippen LogP contribution in [0.5, 0.6) is 5.75 Å². The van der Waals surface area contributed by atoms with Crippen LogP contribution in [0, 0.1) is 19.7 Å². The number of ether oxygens (including phenoxy) is 1. The zero-order valence-electron chi connectivity index (χ0n) is 22.5. The molecule has 0 aromatic heterocycles. The highest BCUT2D eigenvalue weighted by atomic mass is 32.2. The summed E-state index contributed by atoms with van der Waals surface area (Å²) in [7, 11) is -6.69. The highest BCUT2D eigenvalue weighted by molar-refractivity contribution is 7.93. The lowest BCUT2D eigenvalue weighted by Gasteiger charge is -2.24. The number of nitrogens with zero attached hydrogens (tertiary/aromatic N) is 1. The van der Waals surface area contributed by atoms with E-state index in [-0.39, 0.29) is 21.2 Å². The van der Waals surface area contributed by atoms with Gasteiger partial charge in [0, 0.05) is 11.4 Å². The zero-order chi connectivity index (χ0) is 29.8. The van der Waals surface area contributed by atoms with E-state index in [1.807, 2.05) is 19.9 Å².